The average molecular weight is 389 g/mol. The first-order valence-corrected chi connectivity index (χ1v) is 8.43. The molecule has 1 saturated heterocycles. The van der Waals surface area contributed by atoms with Gasteiger partial charge in [0.2, 0.25) is 5.91 Å². The van der Waals surface area contributed by atoms with E-state index >= 15 is 0 Å². The minimum absolute atomic E-state index is 0.0145. The molecule has 1 aliphatic rings. The zero-order valence-electron chi connectivity index (χ0n) is 14.6. The Hall–Kier alpha value is -3.49. The summed E-state index contributed by atoms with van der Waals surface area (Å²) >= 11 is 0. The van der Waals surface area contributed by atoms with E-state index in [0.29, 0.717) is 6.42 Å². The highest BCUT2D eigenvalue weighted by Gasteiger charge is 2.38. The van der Waals surface area contributed by atoms with Crippen LogP contribution >= 0.6 is 0 Å². The first-order chi connectivity index (χ1) is 13.4. The maximum atomic E-state index is 12.5. The van der Waals surface area contributed by atoms with Crippen LogP contribution in [0.25, 0.3) is 0 Å². The molecule has 3 rings (SSSR count). The van der Waals surface area contributed by atoms with Gasteiger partial charge >= 0.3 is 12.6 Å². The molecule has 0 bridgehead atoms. The highest BCUT2D eigenvalue weighted by Crippen LogP contribution is 2.25. The van der Waals surface area contributed by atoms with E-state index in [0.717, 1.165) is 10.5 Å². The lowest BCUT2D eigenvalue weighted by Gasteiger charge is -2.15. The van der Waals surface area contributed by atoms with Crippen LogP contribution in [-0.4, -0.2) is 41.9 Å². The van der Waals surface area contributed by atoms with Gasteiger partial charge in [-0.2, -0.15) is 8.78 Å². The van der Waals surface area contributed by atoms with Gasteiger partial charge in [0.1, 0.15) is 18.3 Å². The fraction of sp³-hybridized carbons (Fsp3) is 0.211. The van der Waals surface area contributed by atoms with E-state index in [2.05, 4.69) is 15.4 Å². The zero-order chi connectivity index (χ0) is 20.1. The number of amides is 4. The maximum absolute atomic E-state index is 12.5. The molecule has 0 radical (unpaired) electrons. The first-order valence-electron chi connectivity index (χ1n) is 8.43. The number of nitrogens with zero attached hydrogens (tertiary/aromatic N) is 1. The summed E-state index contributed by atoms with van der Waals surface area (Å²) in [6, 6.07) is 13.3. The van der Waals surface area contributed by atoms with Crippen LogP contribution in [0.15, 0.2) is 54.6 Å². The van der Waals surface area contributed by atoms with Crippen molar-refractivity contribution in [1.29, 1.82) is 0 Å². The van der Waals surface area contributed by atoms with Crippen molar-refractivity contribution in [1.82, 2.24) is 10.2 Å². The number of alkyl halides is 2. The number of hydrogen-bond acceptors (Lipinski definition) is 4. The number of carbonyl (C=O) groups excluding carboxylic acids is 3. The molecule has 2 N–H and O–H groups in total. The van der Waals surface area contributed by atoms with E-state index in [4.69, 9.17) is 0 Å². The summed E-state index contributed by atoms with van der Waals surface area (Å²) in [5.41, 5.74) is 0.881. The predicted molar refractivity (Wildman–Crippen MR) is 95.9 cm³/mol. The number of benzene rings is 2. The smallest absolute Gasteiger partial charge is 0.387 e. The van der Waals surface area contributed by atoms with Crippen LogP contribution in [0.2, 0.25) is 0 Å². The van der Waals surface area contributed by atoms with Crippen molar-refractivity contribution < 1.29 is 27.9 Å². The van der Waals surface area contributed by atoms with E-state index in [1.807, 2.05) is 30.3 Å². The monoisotopic (exact) mass is 389 g/mol. The molecule has 1 atom stereocenters. The number of anilines is 1. The summed E-state index contributed by atoms with van der Waals surface area (Å²) in [5.74, 6) is -1.46. The van der Waals surface area contributed by atoms with Crippen molar-refractivity contribution in [2.45, 2.75) is 19.1 Å². The van der Waals surface area contributed by atoms with Crippen molar-refractivity contribution in [3.05, 3.63) is 60.2 Å². The number of ether oxygens (including phenoxy) is 1. The van der Waals surface area contributed by atoms with Crippen molar-refractivity contribution in [3.8, 4) is 5.75 Å². The number of para-hydroxylation sites is 2. The molecule has 0 saturated carbocycles. The van der Waals surface area contributed by atoms with Gasteiger partial charge in [-0.05, 0) is 17.7 Å². The van der Waals surface area contributed by atoms with Gasteiger partial charge < -0.3 is 15.4 Å². The number of urea groups is 1. The van der Waals surface area contributed by atoms with Gasteiger partial charge in [-0.3, -0.25) is 14.5 Å². The number of halogens is 2. The van der Waals surface area contributed by atoms with E-state index < -0.39 is 37.0 Å². The van der Waals surface area contributed by atoms with Crippen LogP contribution in [0.1, 0.15) is 5.56 Å². The van der Waals surface area contributed by atoms with Gasteiger partial charge in [0.05, 0.1) is 5.69 Å². The number of nitrogens with one attached hydrogen (secondary N) is 2. The van der Waals surface area contributed by atoms with Crippen LogP contribution in [0, 0.1) is 0 Å². The lowest BCUT2D eigenvalue weighted by molar-refractivity contribution is -0.130. The lowest BCUT2D eigenvalue weighted by Crippen LogP contribution is -2.38. The van der Waals surface area contributed by atoms with Crippen molar-refractivity contribution in [2.24, 2.45) is 0 Å². The molecule has 28 heavy (non-hydrogen) atoms. The predicted octanol–water partition coefficient (Wildman–Crippen LogP) is 2.39. The number of carbonyl (C=O) groups is 3. The molecule has 2 aromatic carbocycles. The van der Waals surface area contributed by atoms with E-state index in [1.165, 1.54) is 24.3 Å². The van der Waals surface area contributed by atoms with E-state index in [-0.39, 0.29) is 11.4 Å². The topological polar surface area (TPSA) is 87.7 Å². The normalized spacial score (nSPS) is 16.2. The standard InChI is InChI=1S/C19H17F2N3O4/c20-18(21)28-15-9-5-4-8-13(15)22-16(25)11-24-17(26)14(23-19(24)27)10-12-6-2-1-3-7-12/h1-9,14,18H,10-11H2,(H,22,25)(H,23,27)/t14-/m1/s1. The fourth-order valence-corrected chi connectivity index (χ4v) is 2.82. The van der Waals surface area contributed by atoms with Crippen LogP contribution in [-0.2, 0) is 16.0 Å². The minimum atomic E-state index is -3.05. The second kappa shape index (κ2) is 8.47. The molecule has 2 aromatic rings. The summed E-state index contributed by atoms with van der Waals surface area (Å²) in [6.07, 6.45) is 0.300. The van der Waals surface area contributed by atoms with Crippen LogP contribution < -0.4 is 15.4 Å². The zero-order valence-corrected chi connectivity index (χ0v) is 14.6. The molecule has 1 aliphatic heterocycles. The van der Waals surface area contributed by atoms with Crippen molar-refractivity contribution in [2.75, 3.05) is 11.9 Å². The largest absolute Gasteiger partial charge is 0.433 e. The second-order valence-corrected chi connectivity index (χ2v) is 6.04. The summed E-state index contributed by atoms with van der Waals surface area (Å²) in [5, 5.41) is 4.92. The molecule has 146 valence electrons. The minimum Gasteiger partial charge on any atom is -0.433 e. The highest BCUT2D eigenvalue weighted by atomic mass is 19.3. The molecular weight excluding hydrogens is 372 g/mol. The van der Waals surface area contributed by atoms with E-state index in [1.54, 1.807) is 0 Å². The van der Waals surface area contributed by atoms with Crippen molar-refractivity contribution >= 4 is 23.5 Å². The molecule has 1 fully saturated rings. The maximum Gasteiger partial charge on any atom is 0.387 e. The quantitative estimate of drug-likeness (QED) is 0.712. The summed E-state index contributed by atoms with van der Waals surface area (Å²) in [4.78, 5) is 37.6. The Balaban J connectivity index is 1.63. The van der Waals surface area contributed by atoms with Crippen molar-refractivity contribution in [3.63, 3.8) is 0 Å². The molecule has 1 heterocycles. The Morgan fingerprint density at radius 2 is 1.79 bits per heavy atom. The first kappa shape index (κ1) is 19.3. The lowest BCUT2D eigenvalue weighted by atomic mass is 10.1. The van der Waals surface area contributed by atoms with E-state index in [9.17, 15) is 23.2 Å². The van der Waals surface area contributed by atoms with Crippen LogP contribution in [0.5, 0.6) is 5.75 Å². The summed E-state index contributed by atoms with van der Waals surface area (Å²) < 4.78 is 29.2. The third kappa shape index (κ3) is 4.61. The SMILES string of the molecule is O=C(CN1C(=O)N[C@H](Cc2ccccc2)C1=O)Nc1ccccc1OC(F)F. The second-order valence-electron chi connectivity index (χ2n) is 6.04. The Bertz CT molecular complexity index is 876. The Labute approximate surface area is 159 Å². The Morgan fingerprint density at radius 1 is 1.11 bits per heavy atom. The summed E-state index contributed by atoms with van der Waals surface area (Å²) in [6.45, 7) is -3.60. The molecular formula is C19H17F2N3O4. The third-order valence-corrected chi connectivity index (χ3v) is 4.07. The summed E-state index contributed by atoms with van der Waals surface area (Å²) in [7, 11) is 0. The number of hydrogen-bond donors (Lipinski definition) is 2. The highest BCUT2D eigenvalue weighted by molar-refractivity contribution is 6.08. The van der Waals surface area contributed by atoms with Gasteiger partial charge in [0, 0.05) is 6.42 Å². The van der Waals surface area contributed by atoms with Gasteiger partial charge in [0.15, 0.2) is 0 Å². The average Bonchev–Trinajstić information content (AvgIpc) is 2.91. The molecule has 0 aromatic heterocycles. The van der Waals surface area contributed by atoms with Gasteiger partial charge in [-0.1, -0.05) is 42.5 Å². The molecule has 4 amide bonds. The fourth-order valence-electron chi connectivity index (χ4n) is 2.82. The molecule has 0 spiro atoms. The Morgan fingerprint density at radius 3 is 2.50 bits per heavy atom. The third-order valence-electron chi connectivity index (χ3n) is 4.07. The Kier molecular flexibility index (Phi) is 5.83. The van der Waals surface area contributed by atoms with Crippen LogP contribution in [0.3, 0.4) is 0 Å². The number of imide groups is 1. The molecule has 0 unspecified atom stereocenters. The molecule has 7 nitrogen and oxygen atoms in total. The van der Waals surface area contributed by atoms with Crippen LogP contribution in [0.4, 0.5) is 19.3 Å². The van der Waals surface area contributed by atoms with Gasteiger partial charge in [0.25, 0.3) is 5.91 Å². The van der Waals surface area contributed by atoms with Gasteiger partial charge in [-0.25, -0.2) is 4.79 Å². The van der Waals surface area contributed by atoms with Gasteiger partial charge in [-0.15, -0.1) is 0 Å². The number of rotatable bonds is 7. The molecule has 9 heteroatoms. The molecule has 0 aliphatic carbocycles.